The number of carbonyl (C=O) groups excluding carboxylic acids is 1. The monoisotopic (exact) mass is 461 g/mol. The average molecular weight is 462 g/mol. The van der Waals surface area contributed by atoms with E-state index in [0.29, 0.717) is 12.2 Å². The molecule has 2 N–H and O–H groups in total. The lowest BCUT2D eigenvalue weighted by Gasteiger charge is -2.15. The molecule has 0 unspecified atom stereocenters. The molecule has 1 amide bonds. The molecule has 9 heteroatoms. The largest absolute Gasteiger partial charge is 0.330 e. The van der Waals surface area contributed by atoms with E-state index >= 15 is 0 Å². The van der Waals surface area contributed by atoms with Gasteiger partial charge in [-0.05, 0) is 37.0 Å². The topological polar surface area (TPSA) is 110 Å². The van der Waals surface area contributed by atoms with Crippen LogP contribution in [0, 0.1) is 5.92 Å². The number of carbonyl (C=O) groups is 1. The Labute approximate surface area is 193 Å². The van der Waals surface area contributed by atoms with E-state index in [1.54, 1.807) is 18.3 Å². The number of nitrogens with one attached hydrogen (secondary N) is 2. The van der Waals surface area contributed by atoms with Crippen LogP contribution in [-0.4, -0.2) is 25.4 Å². The second-order valence-electron chi connectivity index (χ2n) is 8.70. The lowest BCUT2D eigenvalue weighted by molar-refractivity contribution is 0.102. The van der Waals surface area contributed by atoms with Crippen LogP contribution in [0.25, 0.3) is 21.6 Å². The Hall–Kier alpha value is -3.59. The molecule has 1 aliphatic carbocycles. The lowest BCUT2D eigenvalue weighted by atomic mass is 10.1. The van der Waals surface area contributed by atoms with E-state index in [-0.39, 0.29) is 28.4 Å². The van der Waals surface area contributed by atoms with Gasteiger partial charge in [-0.1, -0.05) is 26.0 Å². The van der Waals surface area contributed by atoms with Crippen molar-refractivity contribution in [2.24, 2.45) is 5.92 Å². The Kier molecular flexibility index (Phi) is 5.41. The number of amides is 1. The summed E-state index contributed by atoms with van der Waals surface area (Å²) in [5.41, 5.74) is 1.61. The minimum atomic E-state index is -0.605. The van der Waals surface area contributed by atoms with Gasteiger partial charge in [-0.2, -0.15) is 0 Å². The van der Waals surface area contributed by atoms with Gasteiger partial charge in [-0.25, -0.2) is 14.8 Å². The Bertz CT molecular complexity index is 1470. The van der Waals surface area contributed by atoms with Crippen LogP contribution in [0.3, 0.4) is 0 Å². The van der Waals surface area contributed by atoms with Gasteiger partial charge in [-0.15, -0.1) is 11.3 Å². The third kappa shape index (κ3) is 4.23. The zero-order valence-electron chi connectivity index (χ0n) is 18.3. The Morgan fingerprint density at radius 3 is 2.79 bits per heavy atom. The fourth-order valence-corrected chi connectivity index (χ4v) is 4.53. The molecular formula is C24H23N5O3S. The van der Waals surface area contributed by atoms with Crippen molar-refractivity contribution in [2.75, 3.05) is 5.32 Å². The summed E-state index contributed by atoms with van der Waals surface area (Å²) in [5.74, 6) is -0.00836. The van der Waals surface area contributed by atoms with Crippen molar-refractivity contribution >= 4 is 34.0 Å². The Balaban J connectivity index is 1.61. The van der Waals surface area contributed by atoms with Crippen LogP contribution in [-0.2, 0) is 6.54 Å². The first kappa shape index (κ1) is 21.3. The molecule has 0 atom stereocenters. The standard InChI is InChI=1S/C24H23N5O3S/c1-13(2)12-29-20-19(22(31)28-24(29)32)17(11-18(27-20)14-6-7-14)21(30)26-16-5-3-4-15(10-16)23-25-8-9-33-23/h3-5,8-11,13-14H,6-7,12H2,1-2H3,(H,26,30)(H,28,31,32). The number of fused-ring (bicyclic) bond motifs is 1. The Morgan fingerprint density at radius 1 is 1.27 bits per heavy atom. The molecule has 1 fully saturated rings. The van der Waals surface area contributed by atoms with E-state index in [1.807, 2.05) is 37.4 Å². The van der Waals surface area contributed by atoms with E-state index in [1.165, 1.54) is 15.9 Å². The second kappa shape index (κ2) is 8.40. The van der Waals surface area contributed by atoms with Crippen molar-refractivity contribution in [2.45, 2.75) is 39.2 Å². The quantitative estimate of drug-likeness (QED) is 0.451. The predicted octanol–water partition coefficient (Wildman–Crippen LogP) is 3.99. The molecule has 0 aliphatic heterocycles. The van der Waals surface area contributed by atoms with Gasteiger partial charge >= 0.3 is 5.69 Å². The third-order valence-electron chi connectivity index (χ3n) is 5.56. The van der Waals surface area contributed by atoms with Gasteiger partial charge in [0.15, 0.2) is 5.65 Å². The van der Waals surface area contributed by atoms with Crippen LogP contribution in [0.4, 0.5) is 5.69 Å². The number of rotatable bonds is 6. The number of hydrogen-bond donors (Lipinski definition) is 2. The van der Waals surface area contributed by atoms with Crippen molar-refractivity contribution in [3.8, 4) is 10.6 Å². The van der Waals surface area contributed by atoms with Gasteiger partial charge < -0.3 is 5.32 Å². The van der Waals surface area contributed by atoms with E-state index in [4.69, 9.17) is 0 Å². The van der Waals surface area contributed by atoms with Crippen LogP contribution >= 0.6 is 11.3 Å². The maximum absolute atomic E-state index is 13.4. The van der Waals surface area contributed by atoms with Crippen molar-refractivity contribution < 1.29 is 4.79 Å². The maximum Gasteiger partial charge on any atom is 0.330 e. The predicted molar refractivity (Wildman–Crippen MR) is 129 cm³/mol. The van der Waals surface area contributed by atoms with Gasteiger partial charge in [0.05, 0.1) is 10.9 Å². The molecule has 1 aromatic carbocycles. The van der Waals surface area contributed by atoms with Crippen molar-refractivity contribution in [1.29, 1.82) is 0 Å². The van der Waals surface area contributed by atoms with Crippen LogP contribution in [0.2, 0.25) is 0 Å². The molecule has 3 aromatic heterocycles. The number of hydrogen-bond acceptors (Lipinski definition) is 6. The summed E-state index contributed by atoms with van der Waals surface area (Å²) < 4.78 is 1.47. The fraction of sp³-hybridized carbons (Fsp3) is 0.292. The summed E-state index contributed by atoms with van der Waals surface area (Å²) in [6.45, 7) is 4.36. The summed E-state index contributed by atoms with van der Waals surface area (Å²) in [4.78, 5) is 50.1. The highest BCUT2D eigenvalue weighted by Crippen LogP contribution is 2.40. The molecular weight excluding hydrogens is 438 g/mol. The average Bonchev–Trinajstić information content (AvgIpc) is 3.49. The summed E-state index contributed by atoms with van der Waals surface area (Å²) in [6, 6.07) is 9.11. The smallest absolute Gasteiger partial charge is 0.322 e. The number of pyridine rings is 1. The van der Waals surface area contributed by atoms with Crippen molar-refractivity contribution in [1.82, 2.24) is 19.5 Å². The molecule has 0 radical (unpaired) electrons. The van der Waals surface area contributed by atoms with Gasteiger partial charge in [0.1, 0.15) is 5.01 Å². The number of nitrogens with zero attached hydrogens (tertiary/aromatic N) is 3. The molecule has 168 valence electrons. The van der Waals surface area contributed by atoms with Crippen LogP contribution in [0.1, 0.15) is 48.7 Å². The van der Waals surface area contributed by atoms with Crippen molar-refractivity contribution in [3.63, 3.8) is 0 Å². The maximum atomic E-state index is 13.4. The number of thiazole rings is 1. The molecule has 1 saturated carbocycles. The number of benzene rings is 1. The molecule has 33 heavy (non-hydrogen) atoms. The van der Waals surface area contributed by atoms with Gasteiger partial charge in [0.2, 0.25) is 0 Å². The normalized spacial score (nSPS) is 13.5. The van der Waals surface area contributed by atoms with E-state index in [0.717, 1.165) is 29.1 Å². The molecule has 0 bridgehead atoms. The SMILES string of the molecule is CC(C)Cn1c(=O)[nH]c(=O)c2c(C(=O)Nc3cccc(-c4nccs4)c3)cc(C3CC3)nc21. The summed E-state index contributed by atoms with van der Waals surface area (Å²) in [5, 5.41) is 5.79. The molecule has 8 nitrogen and oxygen atoms in total. The highest BCUT2D eigenvalue weighted by molar-refractivity contribution is 7.13. The minimum absolute atomic E-state index is 0.133. The first-order valence-electron chi connectivity index (χ1n) is 10.9. The summed E-state index contributed by atoms with van der Waals surface area (Å²) >= 11 is 1.51. The minimum Gasteiger partial charge on any atom is -0.322 e. The number of aromatic amines is 1. The molecule has 1 aliphatic rings. The highest BCUT2D eigenvalue weighted by atomic mass is 32.1. The van der Waals surface area contributed by atoms with E-state index in [2.05, 4.69) is 20.3 Å². The zero-order valence-corrected chi connectivity index (χ0v) is 19.1. The summed E-state index contributed by atoms with van der Waals surface area (Å²) in [6.07, 6.45) is 3.69. The summed E-state index contributed by atoms with van der Waals surface area (Å²) in [7, 11) is 0. The highest BCUT2D eigenvalue weighted by Gasteiger charge is 2.29. The molecule has 0 spiro atoms. The molecule has 5 rings (SSSR count). The lowest BCUT2D eigenvalue weighted by Crippen LogP contribution is -2.33. The van der Waals surface area contributed by atoms with Gasteiger partial charge in [-0.3, -0.25) is 19.1 Å². The molecule has 4 aromatic rings. The van der Waals surface area contributed by atoms with Crippen molar-refractivity contribution in [3.05, 3.63) is 74.0 Å². The van der Waals surface area contributed by atoms with Crippen LogP contribution in [0.15, 0.2) is 51.5 Å². The van der Waals surface area contributed by atoms with Gasteiger partial charge in [0.25, 0.3) is 11.5 Å². The second-order valence-corrected chi connectivity index (χ2v) is 9.60. The number of H-pyrrole nitrogens is 1. The third-order valence-corrected chi connectivity index (χ3v) is 6.38. The Morgan fingerprint density at radius 2 is 2.09 bits per heavy atom. The van der Waals surface area contributed by atoms with E-state index in [9.17, 15) is 14.4 Å². The molecule has 0 saturated heterocycles. The van der Waals surface area contributed by atoms with Gasteiger partial charge in [0, 0.05) is 41.0 Å². The molecule has 3 heterocycles. The van der Waals surface area contributed by atoms with Crippen LogP contribution in [0.5, 0.6) is 0 Å². The fourth-order valence-electron chi connectivity index (χ4n) is 3.89. The number of aromatic nitrogens is 4. The number of anilines is 1. The van der Waals surface area contributed by atoms with Crippen LogP contribution < -0.4 is 16.6 Å². The zero-order chi connectivity index (χ0) is 23.1. The first-order chi connectivity index (χ1) is 15.9. The first-order valence-corrected chi connectivity index (χ1v) is 11.8. The van der Waals surface area contributed by atoms with E-state index < -0.39 is 17.2 Å².